The second kappa shape index (κ2) is 8.48. The highest BCUT2D eigenvalue weighted by Gasteiger charge is 2.37. The van der Waals surface area contributed by atoms with Gasteiger partial charge < -0.3 is 4.57 Å². The Kier molecular flexibility index (Phi) is 5.34. The first-order valence-corrected chi connectivity index (χ1v) is 11.0. The zero-order chi connectivity index (χ0) is 23.8. The van der Waals surface area contributed by atoms with Crippen LogP contribution < -0.4 is 10.2 Å². The van der Waals surface area contributed by atoms with Gasteiger partial charge in [0.05, 0.1) is 5.69 Å². The molecule has 1 aromatic heterocycles. The highest BCUT2D eigenvalue weighted by Crippen LogP contribution is 2.28. The van der Waals surface area contributed by atoms with Crippen LogP contribution in [0.15, 0.2) is 84.6 Å². The van der Waals surface area contributed by atoms with Crippen molar-refractivity contribution in [1.82, 2.24) is 9.88 Å². The third-order valence-corrected chi connectivity index (χ3v) is 6.01. The molecule has 0 aliphatic carbocycles. The van der Waals surface area contributed by atoms with Gasteiger partial charge in [-0.2, -0.15) is 0 Å². The van der Waals surface area contributed by atoms with Crippen LogP contribution in [0.1, 0.15) is 22.3 Å². The second-order valence-electron chi connectivity index (χ2n) is 8.46. The summed E-state index contributed by atoms with van der Waals surface area (Å²) in [6, 6.07) is 22.5. The van der Waals surface area contributed by atoms with Crippen LogP contribution in [0.25, 0.3) is 17.0 Å². The van der Waals surface area contributed by atoms with E-state index in [1.54, 1.807) is 18.2 Å². The van der Waals surface area contributed by atoms with Crippen LogP contribution in [0.2, 0.25) is 0 Å². The average molecular weight is 450 g/mol. The van der Waals surface area contributed by atoms with Crippen molar-refractivity contribution in [3.8, 4) is 0 Å². The number of amides is 4. The number of rotatable bonds is 4. The number of hydrogen-bond donors (Lipinski definition) is 1. The van der Waals surface area contributed by atoms with Gasteiger partial charge in [0, 0.05) is 29.2 Å². The third-order valence-electron chi connectivity index (χ3n) is 6.01. The maximum Gasteiger partial charge on any atom is 0.335 e. The summed E-state index contributed by atoms with van der Waals surface area (Å²) in [4.78, 5) is 39.6. The largest absolute Gasteiger partial charge is 0.342 e. The molecule has 6 nitrogen and oxygen atoms in total. The van der Waals surface area contributed by atoms with Crippen molar-refractivity contribution >= 4 is 40.5 Å². The summed E-state index contributed by atoms with van der Waals surface area (Å²) in [6.07, 6.45) is 3.51. The van der Waals surface area contributed by atoms with Crippen LogP contribution in [0.3, 0.4) is 0 Å². The standard InChI is InChI=1S/C28H23N3O3/c1-18-8-7-10-20(14-18)16-30-17-21(22-11-4-6-13-25(22)30)15-23-26(32)29-28(34)31(27(23)33)24-12-5-3-9-19(24)2/h3-15,17H,16H2,1-2H3,(H,29,32,34). The van der Waals surface area contributed by atoms with E-state index in [0.29, 0.717) is 12.2 Å². The van der Waals surface area contributed by atoms with Crippen molar-refractivity contribution in [3.05, 3.63) is 107 Å². The number of hydrogen-bond acceptors (Lipinski definition) is 3. The number of urea groups is 1. The Balaban J connectivity index is 1.58. The molecule has 0 saturated carbocycles. The van der Waals surface area contributed by atoms with Crippen LogP contribution in [-0.4, -0.2) is 22.4 Å². The topological polar surface area (TPSA) is 71.4 Å². The number of barbiturate groups is 1. The predicted molar refractivity (Wildman–Crippen MR) is 132 cm³/mol. The number of aromatic nitrogens is 1. The van der Waals surface area contributed by atoms with E-state index in [2.05, 4.69) is 35.0 Å². The van der Waals surface area contributed by atoms with Crippen LogP contribution in [0.4, 0.5) is 10.5 Å². The number of carbonyl (C=O) groups is 3. The van der Waals surface area contributed by atoms with E-state index in [9.17, 15) is 14.4 Å². The number of nitrogens with one attached hydrogen (secondary N) is 1. The molecule has 0 spiro atoms. The quantitative estimate of drug-likeness (QED) is 0.353. The van der Waals surface area contributed by atoms with Gasteiger partial charge in [-0.1, -0.05) is 66.2 Å². The second-order valence-corrected chi connectivity index (χ2v) is 8.46. The first-order valence-electron chi connectivity index (χ1n) is 11.0. The highest BCUT2D eigenvalue weighted by molar-refractivity contribution is 6.39. The number of fused-ring (bicyclic) bond motifs is 1. The van der Waals surface area contributed by atoms with Gasteiger partial charge in [-0.15, -0.1) is 0 Å². The van der Waals surface area contributed by atoms with Crippen LogP contribution in [0.5, 0.6) is 0 Å². The monoisotopic (exact) mass is 449 g/mol. The molecule has 34 heavy (non-hydrogen) atoms. The summed E-state index contributed by atoms with van der Waals surface area (Å²) in [7, 11) is 0. The number of imide groups is 2. The third kappa shape index (κ3) is 3.79. The molecule has 6 heteroatoms. The van der Waals surface area contributed by atoms with Gasteiger partial charge >= 0.3 is 6.03 Å². The fourth-order valence-corrected chi connectivity index (χ4v) is 4.37. The minimum Gasteiger partial charge on any atom is -0.342 e. The maximum atomic E-state index is 13.3. The van der Waals surface area contributed by atoms with Gasteiger partial charge in [0.25, 0.3) is 11.8 Å². The van der Waals surface area contributed by atoms with E-state index < -0.39 is 17.8 Å². The Bertz CT molecular complexity index is 1500. The Morgan fingerprint density at radius 2 is 1.65 bits per heavy atom. The molecule has 0 unspecified atom stereocenters. The molecule has 0 bridgehead atoms. The van der Waals surface area contributed by atoms with E-state index in [-0.39, 0.29) is 5.57 Å². The van der Waals surface area contributed by atoms with Crippen LogP contribution in [-0.2, 0) is 16.1 Å². The first kappa shape index (κ1) is 21.4. The maximum absolute atomic E-state index is 13.3. The Morgan fingerprint density at radius 1 is 0.882 bits per heavy atom. The predicted octanol–water partition coefficient (Wildman–Crippen LogP) is 4.97. The number of nitrogens with zero attached hydrogens (tertiary/aromatic N) is 2. The molecular formula is C28H23N3O3. The summed E-state index contributed by atoms with van der Waals surface area (Å²) in [6.45, 7) is 4.52. The summed E-state index contributed by atoms with van der Waals surface area (Å²) in [5, 5.41) is 3.23. The Hall–Kier alpha value is -4.45. The smallest absolute Gasteiger partial charge is 0.335 e. The lowest BCUT2D eigenvalue weighted by Crippen LogP contribution is -2.54. The molecule has 1 aliphatic heterocycles. The molecule has 0 atom stereocenters. The average Bonchev–Trinajstić information content (AvgIpc) is 3.15. The van der Waals surface area contributed by atoms with Crippen molar-refractivity contribution < 1.29 is 14.4 Å². The van der Waals surface area contributed by atoms with Crippen molar-refractivity contribution in [1.29, 1.82) is 0 Å². The van der Waals surface area contributed by atoms with E-state index in [1.807, 2.05) is 55.6 Å². The van der Waals surface area contributed by atoms with Gasteiger partial charge in [0.2, 0.25) is 0 Å². The number of carbonyl (C=O) groups excluding carboxylic acids is 3. The van der Waals surface area contributed by atoms with Gasteiger partial charge in [0.15, 0.2) is 0 Å². The van der Waals surface area contributed by atoms with Crippen molar-refractivity contribution in [2.24, 2.45) is 0 Å². The van der Waals surface area contributed by atoms with Crippen molar-refractivity contribution in [2.75, 3.05) is 4.90 Å². The van der Waals surface area contributed by atoms with Crippen molar-refractivity contribution in [3.63, 3.8) is 0 Å². The van der Waals surface area contributed by atoms with Crippen LogP contribution in [0, 0.1) is 13.8 Å². The molecule has 0 radical (unpaired) electrons. The molecule has 5 rings (SSSR count). The lowest BCUT2D eigenvalue weighted by Gasteiger charge is -2.27. The van der Waals surface area contributed by atoms with Gasteiger partial charge in [0.1, 0.15) is 5.57 Å². The molecule has 2 heterocycles. The number of para-hydroxylation sites is 2. The molecule has 4 aromatic rings. The molecule has 1 aliphatic rings. The fraction of sp³-hybridized carbons (Fsp3) is 0.107. The molecule has 1 N–H and O–H groups in total. The summed E-state index contributed by atoms with van der Waals surface area (Å²) >= 11 is 0. The van der Waals surface area contributed by atoms with Gasteiger partial charge in [-0.25, -0.2) is 9.69 Å². The van der Waals surface area contributed by atoms with E-state index in [0.717, 1.165) is 32.5 Å². The minimum absolute atomic E-state index is 0.0821. The number of benzene rings is 3. The van der Waals surface area contributed by atoms with Crippen LogP contribution >= 0.6 is 0 Å². The number of anilines is 1. The Morgan fingerprint density at radius 3 is 2.44 bits per heavy atom. The molecular weight excluding hydrogens is 426 g/mol. The minimum atomic E-state index is -0.747. The molecule has 4 amide bonds. The molecule has 3 aromatic carbocycles. The SMILES string of the molecule is Cc1cccc(Cn2cc(C=C3C(=O)NC(=O)N(c4ccccc4C)C3=O)c3ccccc32)c1. The summed E-state index contributed by atoms with van der Waals surface area (Å²) < 4.78 is 2.10. The zero-order valence-electron chi connectivity index (χ0n) is 18.9. The summed E-state index contributed by atoms with van der Waals surface area (Å²) in [5.74, 6) is -1.34. The van der Waals surface area contributed by atoms with E-state index >= 15 is 0 Å². The normalized spacial score (nSPS) is 15.3. The van der Waals surface area contributed by atoms with Gasteiger partial charge in [-0.05, 0) is 43.2 Å². The van der Waals surface area contributed by atoms with E-state index in [4.69, 9.17) is 0 Å². The van der Waals surface area contributed by atoms with Gasteiger partial charge in [-0.3, -0.25) is 14.9 Å². The fourth-order valence-electron chi connectivity index (χ4n) is 4.37. The van der Waals surface area contributed by atoms with E-state index in [1.165, 1.54) is 5.56 Å². The number of aryl methyl sites for hydroxylation is 2. The molecule has 168 valence electrons. The summed E-state index contributed by atoms with van der Waals surface area (Å²) in [5.41, 5.74) is 5.19. The zero-order valence-corrected chi connectivity index (χ0v) is 18.9. The Labute approximate surface area is 197 Å². The van der Waals surface area contributed by atoms with Crippen molar-refractivity contribution in [2.45, 2.75) is 20.4 Å². The lowest BCUT2D eigenvalue weighted by atomic mass is 10.1. The molecule has 1 fully saturated rings. The molecule has 1 saturated heterocycles. The first-order chi connectivity index (χ1) is 16.4. The lowest BCUT2D eigenvalue weighted by molar-refractivity contribution is -0.122. The highest BCUT2D eigenvalue weighted by atomic mass is 16.2.